The van der Waals surface area contributed by atoms with Crippen LogP contribution in [0.2, 0.25) is 0 Å². The molecule has 0 spiro atoms. The normalized spacial score (nSPS) is 16.4. The van der Waals surface area contributed by atoms with Gasteiger partial charge < -0.3 is 5.73 Å². The highest BCUT2D eigenvalue weighted by Crippen LogP contribution is 2.31. The number of pyridine rings is 1. The van der Waals surface area contributed by atoms with E-state index in [0.29, 0.717) is 0 Å². The van der Waals surface area contributed by atoms with E-state index in [-0.39, 0.29) is 5.41 Å². The first-order valence-corrected chi connectivity index (χ1v) is 5.91. The third kappa shape index (κ3) is 2.54. The molecule has 0 fully saturated rings. The molecule has 2 N–H and O–H groups in total. The number of hydrogen-bond acceptors (Lipinski definition) is 3. The molecule has 0 saturated heterocycles. The van der Waals surface area contributed by atoms with Crippen molar-refractivity contribution in [2.45, 2.75) is 27.2 Å². The lowest BCUT2D eigenvalue weighted by Crippen LogP contribution is -2.23. The van der Waals surface area contributed by atoms with E-state index in [0.717, 1.165) is 24.2 Å². The van der Waals surface area contributed by atoms with Crippen molar-refractivity contribution < 1.29 is 0 Å². The third-order valence-corrected chi connectivity index (χ3v) is 3.04. The summed E-state index contributed by atoms with van der Waals surface area (Å²) in [6, 6.07) is 1.98. The van der Waals surface area contributed by atoms with Gasteiger partial charge in [0.15, 0.2) is 0 Å². The van der Waals surface area contributed by atoms with Gasteiger partial charge in [-0.25, -0.2) is 0 Å². The number of allylic oxidation sites excluding steroid dienone is 1. The number of dihydropyridines is 1. The Hall–Kier alpha value is -1.64. The number of nitrogens with zero attached hydrogens (tertiary/aromatic N) is 2. The summed E-state index contributed by atoms with van der Waals surface area (Å²) in [6.07, 6.45) is 6.53. The number of aromatic nitrogens is 1. The third-order valence-electron chi connectivity index (χ3n) is 3.04. The molecular formula is C14H19N3. The van der Waals surface area contributed by atoms with Crippen LogP contribution in [0.5, 0.6) is 0 Å². The van der Waals surface area contributed by atoms with E-state index in [4.69, 9.17) is 5.73 Å². The second kappa shape index (κ2) is 4.32. The molecule has 17 heavy (non-hydrogen) atoms. The van der Waals surface area contributed by atoms with Crippen molar-refractivity contribution in [3.63, 3.8) is 0 Å². The molecule has 3 heteroatoms. The van der Waals surface area contributed by atoms with E-state index >= 15 is 0 Å². The first-order chi connectivity index (χ1) is 7.98. The van der Waals surface area contributed by atoms with Crippen LogP contribution in [-0.2, 0) is 0 Å². The summed E-state index contributed by atoms with van der Waals surface area (Å²) in [5.74, 6) is 0. The van der Waals surface area contributed by atoms with Gasteiger partial charge in [-0.2, -0.15) is 0 Å². The van der Waals surface area contributed by atoms with Gasteiger partial charge in [-0.3, -0.25) is 9.98 Å². The van der Waals surface area contributed by atoms with Crippen molar-refractivity contribution in [1.82, 2.24) is 4.98 Å². The summed E-state index contributed by atoms with van der Waals surface area (Å²) < 4.78 is 0. The van der Waals surface area contributed by atoms with E-state index in [1.165, 1.54) is 11.3 Å². The fourth-order valence-corrected chi connectivity index (χ4v) is 1.98. The Morgan fingerprint density at radius 2 is 2.06 bits per heavy atom. The molecule has 0 aliphatic carbocycles. The van der Waals surface area contributed by atoms with E-state index in [1.807, 2.05) is 6.07 Å². The highest BCUT2D eigenvalue weighted by molar-refractivity contribution is 5.99. The van der Waals surface area contributed by atoms with Gasteiger partial charge in [0.1, 0.15) is 0 Å². The minimum atomic E-state index is 0.126. The zero-order valence-electron chi connectivity index (χ0n) is 10.7. The summed E-state index contributed by atoms with van der Waals surface area (Å²) in [6.45, 7) is 7.35. The Balaban J connectivity index is 2.27. The fourth-order valence-electron chi connectivity index (χ4n) is 1.98. The summed E-state index contributed by atoms with van der Waals surface area (Å²) in [5.41, 5.74) is 10.4. The van der Waals surface area contributed by atoms with Crippen molar-refractivity contribution >= 4 is 17.0 Å². The van der Waals surface area contributed by atoms with E-state index < -0.39 is 0 Å². The molecule has 0 bridgehead atoms. The number of rotatable bonds is 1. The average Bonchev–Trinajstić information content (AvgIpc) is 2.29. The molecular weight excluding hydrogens is 210 g/mol. The van der Waals surface area contributed by atoms with Crippen LogP contribution in [0.1, 0.15) is 32.8 Å². The smallest absolute Gasteiger partial charge is 0.0576 e. The van der Waals surface area contributed by atoms with Gasteiger partial charge in [-0.15, -0.1) is 0 Å². The molecule has 90 valence electrons. The highest BCUT2D eigenvalue weighted by atomic mass is 14.8. The quantitative estimate of drug-likeness (QED) is 0.805. The minimum Gasteiger partial charge on any atom is -0.397 e. The molecule has 1 aliphatic heterocycles. The summed E-state index contributed by atoms with van der Waals surface area (Å²) in [5, 5.41) is 0. The number of hydrogen-bond donors (Lipinski definition) is 1. The second-order valence-electron chi connectivity index (χ2n) is 5.41. The number of nitrogens with two attached hydrogens (primary N) is 1. The SMILES string of the molecule is CC(C)(C)C1=NCC=C(c2ccncc2N)C1. The van der Waals surface area contributed by atoms with Gasteiger partial charge in [-0.1, -0.05) is 26.8 Å². The molecule has 0 saturated carbocycles. The van der Waals surface area contributed by atoms with Gasteiger partial charge in [0.25, 0.3) is 0 Å². The molecule has 0 aromatic carbocycles. The predicted octanol–water partition coefficient (Wildman–Crippen LogP) is 2.94. The largest absolute Gasteiger partial charge is 0.397 e. The second-order valence-corrected chi connectivity index (χ2v) is 5.41. The molecule has 0 atom stereocenters. The van der Waals surface area contributed by atoms with Gasteiger partial charge in [0.05, 0.1) is 18.4 Å². The summed E-state index contributed by atoms with van der Waals surface area (Å²) >= 11 is 0. The van der Waals surface area contributed by atoms with E-state index in [2.05, 4.69) is 36.8 Å². The minimum absolute atomic E-state index is 0.126. The lowest BCUT2D eigenvalue weighted by molar-refractivity contribution is 0.580. The van der Waals surface area contributed by atoms with Gasteiger partial charge in [0, 0.05) is 29.3 Å². The molecule has 0 radical (unpaired) electrons. The number of nitrogen functional groups attached to an aromatic ring is 1. The standard InChI is InChI=1S/C14H19N3/c1-14(2,3)13-8-10(4-7-17-13)11-5-6-16-9-12(11)15/h4-6,9H,7-8,15H2,1-3H3. The van der Waals surface area contributed by atoms with Crippen molar-refractivity contribution in [2.24, 2.45) is 10.4 Å². The van der Waals surface area contributed by atoms with Gasteiger partial charge in [0.2, 0.25) is 0 Å². The van der Waals surface area contributed by atoms with Crippen molar-refractivity contribution in [2.75, 3.05) is 12.3 Å². The van der Waals surface area contributed by atoms with Crippen molar-refractivity contribution in [1.29, 1.82) is 0 Å². The van der Waals surface area contributed by atoms with Crippen molar-refractivity contribution in [3.8, 4) is 0 Å². The maximum Gasteiger partial charge on any atom is 0.0576 e. The topological polar surface area (TPSA) is 51.3 Å². The van der Waals surface area contributed by atoms with Crippen LogP contribution in [0, 0.1) is 5.41 Å². The maximum absolute atomic E-state index is 5.96. The van der Waals surface area contributed by atoms with E-state index in [9.17, 15) is 0 Å². The van der Waals surface area contributed by atoms with Crippen LogP contribution in [0.4, 0.5) is 5.69 Å². The van der Waals surface area contributed by atoms with Crippen LogP contribution in [-0.4, -0.2) is 17.2 Å². The maximum atomic E-state index is 5.96. The Morgan fingerprint density at radius 1 is 1.29 bits per heavy atom. The lowest BCUT2D eigenvalue weighted by atomic mass is 9.83. The first kappa shape index (κ1) is 11.8. The van der Waals surface area contributed by atoms with Gasteiger partial charge >= 0.3 is 0 Å². The Labute approximate surface area is 102 Å². The molecule has 0 unspecified atom stereocenters. The number of anilines is 1. The summed E-state index contributed by atoms with van der Waals surface area (Å²) in [4.78, 5) is 8.62. The molecule has 2 rings (SSSR count). The molecule has 0 amide bonds. The first-order valence-electron chi connectivity index (χ1n) is 5.91. The lowest BCUT2D eigenvalue weighted by Gasteiger charge is -2.25. The van der Waals surface area contributed by atoms with Crippen LogP contribution in [0.15, 0.2) is 29.5 Å². The highest BCUT2D eigenvalue weighted by Gasteiger charge is 2.22. The number of aliphatic imine (C=N–C) groups is 1. The molecule has 1 aromatic rings. The van der Waals surface area contributed by atoms with E-state index in [1.54, 1.807) is 12.4 Å². The van der Waals surface area contributed by atoms with Crippen LogP contribution < -0.4 is 5.73 Å². The van der Waals surface area contributed by atoms with Crippen LogP contribution >= 0.6 is 0 Å². The fraction of sp³-hybridized carbons (Fsp3) is 0.429. The predicted molar refractivity (Wildman–Crippen MR) is 73.0 cm³/mol. The average molecular weight is 229 g/mol. The Bertz CT molecular complexity index is 478. The molecule has 3 nitrogen and oxygen atoms in total. The van der Waals surface area contributed by atoms with Crippen LogP contribution in [0.3, 0.4) is 0 Å². The summed E-state index contributed by atoms with van der Waals surface area (Å²) in [7, 11) is 0. The monoisotopic (exact) mass is 229 g/mol. The zero-order chi connectivity index (χ0) is 12.5. The molecule has 1 aromatic heterocycles. The zero-order valence-corrected chi connectivity index (χ0v) is 10.7. The molecule has 2 heterocycles. The van der Waals surface area contributed by atoms with Gasteiger partial charge in [-0.05, 0) is 11.6 Å². The Kier molecular flexibility index (Phi) is 3.01. The Morgan fingerprint density at radius 3 is 2.71 bits per heavy atom. The van der Waals surface area contributed by atoms with Crippen LogP contribution in [0.25, 0.3) is 5.57 Å². The molecule has 1 aliphatic rings. The van der Waals surface area contributed by atoms with Crippen molar-refractivity contribution in [3.05, 3.63) is 30.1 Å².